The largest absolute Gasteiger partial charge is 0.335 e. The molecule has 1 aromatic rings. The number of carbonyl (C=O) groups excluding carboxylic acids is 1. The van der Waals surface area contributed by atoms with Crippen molar-refractivity contribution < 1.29 is 4.79 Å². The Morgan fingerprint density at radius 1 is 1.58 bits per heavy atom. The Hall–Kier alpha value is -1.31. The monoisotopic (exact) mass is 276 g/mol. The van der Waals surface area contributed by atoms with Crippen molar-refractivity contribution in [2.45, 2.75) is 32.7 Å². The summed E-state index contributed by atoms with van der Waals surface area (Å²) in [6, 6.07) is 2.21. The van der Waals surface area contributed by atoms with E-state index in [1.807, 2.05) is 16.3 Å². The van der Waals surface area contributed by atoms with Gasteiger partial charge in [-0.2, -0.15) is 0 Å². The number of nitrogens with zero attached hydrogens (tertiary/aromatic N) is 1. The van der Waals surface area contributed by atoms with Crippen molar-refractivity contribution >= 4 is 17.2 Å². The molecule has 1 aliphatic rings. The van der Waals surface area contributed by atoms with Gasteiger partial charge < -0.3 is 10.6 Å². The summed E-state index contributed by atoms with van der Waals surface area (Å²) < 4.78 is 0. The number of hydrogen-bond acceptors (Lipinski definition) is 3. The summed E-state index contributed by atoms with van der Waals surface area (Å²) >= 11 is 1.47. The van der Waals surface area contributed by atoms with Crippen LogP contribution in [0, 0.1) is 17.8 Å². The van der Waals surface area contributed by atoms with Gasteiger partial charge in [0.25, 0.3) is 5.91 Å². The van der Waals surface area contributed by atoms with E-state index in [0.29, 0.717) is 18.5 Å². The maximum Gasteiger partial charge on any atom is 0.265 e. The van der Waals surface area contributed by atoms with Crippen LogP contribution in [0.1, 0.15) is 41.9 Å². The molecule has 0 spiro atoms. The SMILES string of the molecule is CC1CCCN(C(=O)c2sccc2C#CCN)C1C. The predicted octanol–water partition coefficient (Wildman–Crippen LogP) is 2.32. The molecule has 1 aromatic heterocycles. The number of hydrogen-bond donors (Lipinski definition) is 1. The molecule has 1 fully saturated rings. The van der Waals surface area contributed by atoms with Crippen molar-refractivity contribution in [2.24, 2.45) is 11.7 Å². The molecule has 1 aliphatic heterocycles. The van der Waals surface area contributed by atoms with E-state index in [2.05, 4.69) is 25.7 Å². The molecular formula is C15H20N2OS. The first-order chi connectivity index (χ1) is 9.15. The zero-order valence-electron chi connectivity index (χ0n) is 11.5. The maximum atomic E-state index is 12.6. The average molecular weight is 276 g/mol. The van der Waals surface area contributed by atoms with Gasteiger partial charge in [0.05, 0.1) is 6.54 Å². The highest BCUT2D eigenvalue weighted by molar-refractivity contribution is 7.12. The summed E-state index contributed by atoms with van der Waals surface area (Å²) in [6.07, 6.45) is 2.29. The average Bonchev–Trinajstić information content (AvgIpc) is 2.87. The van der Waals surface area contributed by atoms with Gasteiger partial charge in [-0.3, -0.25) is 4.79 Å². The van der Waals surface area contributed by atoms with Crippen LogP contribution in [0.5, 0.6) is 0 Å². The smallest absolute Gasteiger partial charge is 0.265 e. The lowest BCUT2D eigenvalue weighted by Gasteiger charge is -2.37. The third kappa shape index (κ3) is 2.99. The number of rotatable bonds is 1. The molecule has 102 valence electrons. The molecular weight excluding hydrogens is 256 g/mol. The summed E-state index contributed by atoms with van der Waals surface area (Å²) in [5.74, 6) is 6.50. The van der Waals surface area contributed by atoms with E-state index >= 15 is 0 Å². The Bertz CT molecular complexity index is 512. The van der Waals surface area contributed by atoms with Crippen LogP contribution in [0.15, 0.2) is 11.4 Å². The third-order valence-electron chi connectivity index (χ3n) is 3.82. The summed E-state index contributed by atoms with van der Waals surface area (Å²) in [4.78, 5) is 15.4. The van der Waals surface area contributed by atoms with Crippen LogP contribution in [0.25, 0.3) is 0 Å². The molecule has 0 aliphatic carbocycles. The summed E-state index contributed by atoms with van der Waals surface area (Å²) in [5, 5.41) is 1.92. The van der Waals surface area contributed by atoms with Crippen LogP contribution in [0.3, 0.4) is 0 Å². The van der Waals surface area contributed by atoms with Crippen LogP contribution < -0.4 is 5.73 Å². The molecule has 2 rings (SSSR count). The van der Waals surface area contributed by atoms with Crippen molar-refractivity contribution in [3.05, 3.63) is 21.9 Å². The molecule has 3 nitrogen and oxygen atoms in total. The number of likely N-dealkylation sites (tertiary alicyclic amines) is 1. The minimum absolute atomic E-state index is 0.121. The van der Waals surface area contributed by atoms with Crippen LogP contribution >= 0.6 is 11.3 Å². The Morgan fingerprint density at radius 2 is 2.37 bits per heavy atom. The molecule has 0 saturated carbocycles. The number of nitrogens with two attached hydrogens (primary N) is 1. The normalized spacial score (nSPS) is 22.8. The molecule has 4 heteroatoms. The van der Waals surface area contributed by atoms with Gasteiger partial charge in [-0.1, -0.05) is 18.8 Å². The van der Waals surface area contributed by atoms with Gasteiger partial charge in [-0.25, -0.2) is 0 Å². The lowest BCUT2D eigenvalue weighted by Crippen LogP contribution is -2.45. The first kappa shape index (κ1) is 14.1. The van der Waals surface area contributed by atoms with E-state index < -0.39 is 0 Å². The fourth-order valence-corrected chi connectivity index (χ4v) is 3.28. The summed E-state index contributed by atoms with van der Waals surface area (Å²) in [7, 11) is 0. The third-order valence-corrected chi connectivity index (χ3v) is 4.72. The van der Waals surface area contributed by atoms with Gasteiger partial charge in [-0.15, -0.1) is 11.3 Å². The number of piperidine rings is 1. The van der Waals surface area contributed by atoms with Crippen LogP contribution in [-0.4, -0.2) is 29.9 Å². The highest BCUT2D eigenvalue weighted by Gasteiger charge is 2.30. The number of carbonyl (C=O) groups is 1. The Morgan fingerprint density at radius 3 is 3.11 bits per heavy atom. The van der Waals surface area contributed by atoms with Gasteiger partial charge in [0, 0.05) is 18.2 Å². The Kier molecular flexibility index (Phi) is 4.62. The molecule has 0 bridgehead atoms. The van der Waals surface area contributed by atoms with Gasteiger partial charge in [0.2, 0.25) is 0 Å². The molecule has 1 saturated heterocycles. The number of amides is 1. The topological polar surface area (TPSA) is 46.3 Å². The maximum absolute atomic E-state index is 12.6. The van der Waals surface area contributed by atoms with Crippen molar-refractivity contribution in [2.75, 3.05) is 13.1 Å². The quantitative estimate of drug-likeness (QED) is 0.800. The van der Waals surface area contributed by atoms with Crippen molar-refractivity contribution in [3.8, 4) is 11.8 Å². The second kappa shape index (κ2) is 6.23. The van der Waals surface area contributed by atoms with Gasteiger partial charge in [0.1, 0.15) is 4.88 Å². The molecule has 2 unspecified atom stereocenters. The van der Waals surface area contributed by atoms with Crippen LogP contribution in [0.4, 0.5) is 0 Å². The van der Waals surface area contributed by atoms with E-state index in [-0.39, 0.29) is 5.91 Å². The van der Waals surface area contributed by atoms with Crippen molar-refractivity contribution in [1.82, 2.24) is 4.90 Å². The standard InChI is InChI=1S/C15H20N2OS/c1-11-5-4-9-17(12(11)2)15(18)14-13(6-3-8-16)7-10-19-14/h7,10-12H,4-5,8-9,16H2,1-2H3. The molecule has 2 atom stereocenters. The van der Waals surface area contributed by atoms with Crippen LogP contribution in [0.2, 0.25) is 0 Å². The molecule has 0 aromatic carbocycles. The van der Waals surface area contributed by atoms with Gasteiger partial charge in [-0.05, 0) is 37.1 Å². The fourth-order valence-electron chi connectivity index (χ4n) is 2.47. The summed E-state index contributed by atoms with van der Waals surface area (Å²) in [6.45, 7) is 5.53. The van der Waals surface area contributed by atoms with E-state index in [1.165, 1.54) is 17.8 Å². The van der Waals surface area contributed by atoms with Gasteiger partial charge >= 0.3 is 0 Å². The van der Waals surface area contributed by atoms with Gasteiger partial charge in [0.15, 0.2) is 0 Å². The van der Waals surface area contributed by atoms with E-state index in [1.54, 1.807) is 0 Å². The van der Waals surface area contributed by atoms with Crippen LogP contribution in [-0.2, 0) is 0 Å². The predicted molar refractivity (Wildman–Crippen MR) is 79.1 cm³/mol. The molecule has 0 radical (unpaired) electrons. The Balaban J connectivity index is 2.22. The molecule has 2 heterocycles. The highest BCUT2D eigenvalue weighted by atomic mass is 32.1. The van der Waals surface area contributed by atoms with E-state index in [0.717, 1.165) is 23.4 Å². The number of thiophene rings is 1. The van der Waals surface area contributed by atoms with Crippen molar-refractivity contribution in [3.63, 3.8) is 0 Å². The zero-order valence-corrected chi connectivity index (χ0v) is 12.3. The second-order valence-electron chi connectivity index (χ2n) is 5.03. The molecule has 2 N–H and O–H groups in total. The van der Waals surface area contributed by atoms with E-state index in [9.17, 15) is 4.79 Å². The Labute approximate surface area is 118 Å². The minimum atomic E-state index is 0.121. The lowest BCUT2D eigenvalue weighted by molar-refractivity contribution is 0.0556. The highest BCUT2D eigenvalue weighted by Crippen LogP contribution is 2.27. The second-order valence-corrected chi connectivity index (χ2v) is 5.94. The first-order valence-corrected chi connectivity index (χ1v) is 7.60. The lowest BCUT2D eigenvalue weighted by atomic mass is 9.92. The minimum Gasteiger partial charge on any atom is -0.335 e. The van der Waals surface area contributed by atoms with Crippen molar-refractivity contribution in [1.29, 1.82) is 0 Å². The zero-order chi connectivity index (χ0) is 13.8. The summed E-state index contributed by atoms with van der Waals surface area (Å²) in [5.41, 5.74) is 6.20. The molecule has 1 amide bonds. The fraction of sp³-hybridized carbons (Fsp3) is 0.533. The first-order valence-electron chi connectivity index (χ1n) is 6.72. The van der Waals surface area contributed by atoms with E-state index in [4.69, 9.17) is 5.73 Å². The molecule has 19 heavy (non-hydrogen) atoms.